The minimum atomic E-state index is 0.387. The Morgan fingerprint density at radius 1 is 1.55 bits per heavy atom. The fourth-order valence-corrected chi connectivity index (χ4v) is 4.80. The Bertz CT molecular complexity index is 459. The van der Waals surface area contributed by atoms with Gasteiger partial charge in [-0.15, -0.1) is 11.3 Å². The SMILES string of the molecule is CCC1CN(C(=NC)NCC(c2cccs2)N(C)C)CCS1. The van der Waals surface area contributed by atoms with Crippen LogP contribution in [0.5, 0.6) is 0 Å². The molecule has 6 heteroatoms. The molecular formula is C16H28N4S2. The third-order valence-corrected chi connectivity index (χ3v) is 6.40. The average Bonchev–Trinajstić information content (AvgIpc) is 3.05. The lowest BCUT2D eigenvalue weighted by Crippen LogP contribution is -2.49. The van der Waals surface area contributed by atoms with Crippen molar-refractivity contribution in [3.8, 4) is 0 Å². The largest absolute Gasteiger partial charge is 0.354 e. The highest BCUT2D eigenvalue weighted by atomic mass is 32.2. The molecule has 2 rings (SSSR count). The summed E-state index contributed by atoms with van der Waals surface area (Å²) in [6.07, 6.45) is 1.23. The molecule has 1 aliphatic heterocycles. The first-order chi connectivity index (χ1) is 10.7. The molecule has 1 saturated heterocycles. The van der Waals surface area contributed by atoms with Crippen LogP contribution in [-0.2, 0) is 0 Å². The molecule has 2 unspecified atom stereocenters. The van der Waals surface area contributed by atoms with Crippen molar-refractivity contribution in [1.29, 1.82) is 0 Å². The van der Waals surface area contributed by atoms with E-state index in [4.69, 9.17) is 0 Å². The lowest BCUT2D eigenvalue weighted by atomic mass is 10.2. The summed E-state index contributed by atoms with van der Waals surface area (Å²) in [4.78, 5) is 10.6. The van der Waals surface area contributed by atoms with Crippen LogP contribution in [0.3, 0.4) is 0 Å². The van der Waals surface area contributed by atoms with Crippen molar-refractivity contribution < 1.29 is 0 Å². The van der Waals surface area contributed by atoms with Crippen LogP contribution in [0.15, 0.2) is 22.5 Å². The molecule has 0 aromatic carbocycles. The molecule has 2 atom stereocenters. The molecule has 0 aliphatic carbocycles. The zero-order valence-corrected chi connectivity index (χ0v) is 15.7. The molecule has 1 aliphatic rings. The number of nitrogens with zero attached hydrogens (tertiary/aromatic N) is 3. The Labute approximate surface area is 143 Å². The van der Waals surface area contributed by atoms with Gasteiger partial charge in [0.25, 0.3) is 0 Å². The van der Waals surface area contributed by atoms with Gasteiger partial charge in [-0.3, -0.25) is 4.99 Å². The number of nitrogens with one attached hydrogen (secondary N) is 1. The average molecular weight is 341 g/mol. The summed E-state index contributed by atoms with van der Waals surface area (Å²) < 4.78 is 0. The lowest BCUT2D eigenvalue weighted by Gasteiger charge is -2.35. The number of rotatable bonds is 5. The van der Waals surface area contributed by atoms with Crippen LogP contribution in [0.25, 0.3) is 0 Å². The first-order valence-corrected chi connectivity index (χ1v) is 9.85. The van der Waals surface area contributed by atoms with Crippen molar-refractivity contribution in [3.63, 3.8) is 0 Å². The number of hydrogen-bond acceptors (Lipinski definition) is 4. The molecule has 1 fully saturated rings. The molecule has 4 nitrogen and oxygen atoms in total. The van der Waals surface area contributed by atoms with E-state index in [1.807, 2.05) is 18.4 Å². The Kier molecular flexibility index (Phi) is 7.05. The van der Waals surface area contributed by atoms with Crippen LogP contribution in [0.2, 0.25) is 0 Å². The second-order valence-electron chi connectivity index (χ2n) is 5.77. The monoisotopic (exact) mass is 340 g/mol. The zero-order valence-electron chi connectivity index (χ0n) is 14.1. The number of likely N-dealkylation sites (N-methyl/N-ethyl adjacent to an activating group) is 1. The lowest BCUT2D eigenvalue weighted by molar-refractivity contribution is 0.298. The van der Waals surface area contributed by atoms with Gasteiger partial charge in [0.2, 0.25) is 0 Å². The third-order valence-electron chi connectivity index (χ3n) is 4.05. The van der Waals surface area contributed by atoms with Gasteiger partial charge in [0.15, 0.2) is 5.96 Å². The summed E-state index contributed by atoms with van der Waals surface area (Å²) in [5.74, 6) is 2.24. The summed E-state index contributed by atoms with van der Waals surface area (Å²) in [6.45, 7) is 5.36. The van der Waals surface area contributed by atoms with Gasteiger partial charge in [0.05, 0.1) is 6.04 Å². The van der Waals surface area contributed by atoms with Gasteiger partial charge >= 0.3 is 0 Å². The van der Waals surface area contributed by atoms with Crippen LogP contribution >= 0.6 is 23.1 Å². The maximum atomic E-state index is 4.50. The fraction of sp³-hybridized carbons (Fsp3) is 0.688. The summed E-state index contributed by atoms with van der Waals surface area (Å²) in [7, 11) is 6.17. The maximum absolute atomic E-state index is 4.50. The quantitative estimate of drug-likeness (QED) is 0.660. The van der Waals surface area contributed by atoms with Gasteiger partial charge in [0, 0.05) is 42.6 Å². The van der Waals surface area contributed by atoms with E-state index in [0.29, 0.717) is 6.04 Å². The van der Waals surface area contributed by atoms with Crippen molar-refractivity contribution in [2.24, 2.45) is 4.99 Å². The first-order valence-electron chi connectivity index (χ1n) is 7.92. The van der Waals surface area contributed by atoms with E-state index < -0.39 is 0 Å². The highest BCUT2D eigenvalue weighted by Crippen LogP contribution is 2.23. The first kappa shape index (κ1) is 17.6. The van der Waals surface area contributed by atoms with Crippen LogP contribution in [0.1, 0.15) is 24.3 Å². The van der Waals surface area contributed by atoms with Gasteiger partial charge in [-0.25, -0.2) is 0 Å². The van der Waals surface area contributed by atoms with Crippen LogP contribution < -0.4 is 5.32 Å². The van der Waals surface area contributed by atoms with Crippen molar-refractivity contribution in [3.05, 3.63) is 22.4 Å². The molecular weight excluding hydrogens is 312 g/mol. The summed E-state index contributed by atoms with van der Waals surface area (Å²) in [5, 5.41) is 6.46. The van der Waals surface area contributed by atoms with E-state index in [1.54, 1.807) is 0 Å². The van der Waals surface area contributed by atoms with Crippen molar-refractivity contribution in [2.75, 3.05) is 46.5 Å². The Hall–Kier alpha value is -0.720. The molecule has 2 heterocycles. The second kappa shape index (κ2) is 8.79. The van der Waals surface area contributed by atoms with Crippen LogP contribution in [-0.4, -0.2) is 67.5 Å². The van der Waals surface area contributed by atoms with Gasteiger partial charge in [-0.05, 0) is 32.0 Å². The smallest absolute Gasteiger partial charge is 0.193 e. The third kappa shape index (κ3) is 4.64. The van der Waals surface area contributed by atoms with E-state index >= 15 is 0 Å². The van der Waals surface area contributed by atoms with Gasteiger partial charge < -0.3 is 15.1 Å². The number of hydrogen-bond donors (Lipinski definition) is 1. The number of thioether (sulfide) groups is 1. The van der Waals surface area contributed by atoms with Crippen molar-refractivity contribution >= 4 is 29.1 Å². The standard InChI is InChI=1S/C16H28N4S2/c1-5-13-12-20(8-10-21-13)16(17-2)18-11-14(19(3)4)15-7-6-9-22-15/h6-7,9,13-14H,5,8,10-12H2,1-4H3,(H,17,18). The summed E-state index contributed by atoms with van der Waals surface area (Å²) in [6, 6.07) is 4.72. The van der Waals surface area contributed by atoms with E-state index in [9.17, 15) is 0 Å². The van der Waals surface area contributed by atoms with Gasteiger partial charge in [-0.1, -0.05) is 13.0 Å². The van der Waals surface area contributed by atoms with E-state index in [1.165, 1.54) is 17.1 Å². The molecule has 22 heavy (non-hydrogen) atoms. The maximum Gasteiger partial charge on any atom is 0.193 e. The second-order valence-corrected chi connectivity index (χ2v) is 8.16. The predicted octanol–water partition coefficient (Wildman–Crippen LogP) is 2.75. The molecule has 1 aromatic heterocycles. The number of thiophene rings is 1. The Morgan fingerprint density at radius 2 is 2.36 bits per heavy atom. The number of aliphatic imine (C=N–C) groups is 1. The molecule has 1 aromatic rings. The molecule has 0 bridgehead atoms. The molecule has 1 N–H and O–H groups in total. The topological polar surface area (TPSA) is 30.9 Å². The highest BCUT2D eigenvalue weighted by molar-refractivity contribution is 8.00. The molecule has 0 amide bonds. The summed E-state index contributed by atoms with van der Waals surface area (Å²) in [5.41, 5.74) is 0. The predicted molar refractivity (Wildman–Crippen MR) is 100 cm³/mol. The van der Waals surface area contributed by atoms with Crippen molar-refractivity contribution in [2.45, 2.75) is 24.6 Å². The minimum absolute atomic E-state index is 0.387. The molecule has 124 valence electrons. The molecule has 0 saturated carbocycles. The van der Waals surface area contributed by atoms with E-state index in [-0.39, 0.29) is 0 Å². The van der Waals surface area contributed by atoms with Gasteiger partial charge in [0.1, 0.15) is 0 Å². The van der Waals surface area contributed by atoms with Crippen molar-refractivity contribution in [1.82, 2.24) is 15.1 Å². The van der Waals surface area contributed by atoms with Gasteiger partial charge in [-0.2, -0.15) is 11.8 Å². The fourth-order valence-electron chi connectivity index (χ4n) is 2.70. The normalized spacial score (nSPS) is 21.2. The van der Waals surface area contributed by atoms with E-state index in [2.05, 4.69) is 70.4 Å². The van der Waals surface area contributed by atoms with Crippen LogP contribution in [0.4, 0.5) is 0 Å². The Morgan fingerprint density at radius 3 is 2.95 bits per heavy atom. The highest BCUT2D eigenvalue weighted by Gasteiger charge is 2.22. The Balaban J connectivity index is 1.95. The van der Waals surface area contributed by atoms with E-state index in [0.717, 1.165) is 30.8 Å². The molecule has 0 spiro atoms. The number of guanidine groups is 1. The van der Waals surface area contributed by atoms with Crippen LogP contribution in [0, 0.1) is 0 Å². The minimum Gasteiger partial charge on any atom is -0.354 e. The molecule has 0 radical (unpaired) electrons. The zero-order chi connectivity index (χ0) is 15.9. The summed E-state index contributed by atoms with van der Waals surface area (Å²) >= 11 is 3.91.